The van der Waals surface area contributed by atoms with Gasteiger partial charge in [0.1, 0.15) is 0 Å². The number of aryl methyl sites for hydroxylation is 1. The van der Waals surface area contributed by atoms with Crippen molar-refractivity contribution in [2.75, 3.05) is 0 Å². The lowest BCUT2D eigenvalue weighted by Crippen LogP contribution is -2.54. The Kier molecular flexibility index (Phi) is 3.07. The molecule has 0 aromatic carbocycles. The Bertz CT molecular complexity index is 889. The fourth-order valence-electron chi connectivity index (χ4n) is 4.46. The summed E-state index contributed by atoms with van der Waals surface area (Å²) in [5, 5.41) is 8.06. The molecule has 2 fully saturated rings. The van der Waals surface area contributed by atoms with Gasteiger partial charge in [0.25, 0.3) is 0 Å². The first kappa shape index (κ1) is 14.7. The molecule has 128 valence electrons. The van der Waals surface area contributed by atoms with E-state index in [1.54, 1.807) is 13.1 Å². The lowest BCUT2D eigenvalue weighted by Gasteiger charge is -2.59. The summed E-state index contributed by atoms with van der Waals surface area (Å²) in [6, 6.07) is 4.09. The van der Waals surface area contributed by atoms with E-state index in [4.69, 9.17) is 9.05 Å². The third-order valence-electron chi connectivity index (χ3n) is 5.75. The standard InChI is InChI=1S/C18H19N5O2/c1-12-20-14(22-24-12)8-15-21-16(25-23-15)18(13-4-2-7-19-9-13)10-17(11-18)5-3-6-17/h2,4,7,9H,3,5-6,8,10-11H2,1H3. The molecule has 0 bridgehead atoms. The Labute approximate surface area is 144 Å². The second-order valence-electron chi connectivity index (χ2n) is 7.45. The van der Waals surface area contributed by atoms with Crippen molar-refractivity contribution < 1.29 is 9.05 Å². The lowest BCUT2D eigenvalue weighted by molar-refractivity contribution is -0.0426. The average molecular weight is 337 g/mol. The molecule has 25 heavy (non-hydrogen) atoms. The number of hydrogen-bond donors (Lipinski definition) is 0. The van der Waals surface area contributed by atoms with Crippen LogP contribution in [0.5, 0.6) is 0 Å². The van der Waals surface area contributed by atoms with Crippen LogP contribution in [0, 0.1) is 12.3 Å². The van der Waals surface area contributed by atoms with Crippen LogP contribution in [-0.4, -0.2) is 25.3 Å². The number of hydrogen-bond acceptors (Lipinski definition) is 7. The predicted octanol–water partition coefficient (Wildman–Crippen LogP) is 3.00. The molecule has 0 radical (unpaired) electrons. The highest BCUT2D eigenvalue weighted by atomic mass is 16.5. The van der Waals surface area contributed by atoms with E-state index in [1.165, 1.54) is 19.3 Å². The zero-order chi connectivity index (χ0) is 16.9. The number of nitrogens with zero attached hydrogens (tertiary/aromatic N) is 5. The zero-order valence-electron chi connectivity index (χ0n) is 14.1. The number of aromatic nitrogens is 5. The van der Waals surface area contributed by atoms with Crippen LogP contribution in [0.4, 0.5) is 0 Å². The van der Waals surface area contributed by atoms with Gasteiger partial charge in [0.2, 0.25) is 11.8 Å². The second kappa shape index (κ2) is 5.21. The minimum Gasteiger partial charge on any atom is -0.340 e. The van der Waals surface area contributed by atoms with Crippen LogP contribution in [0.3, 0.4) is 0 Å². The topological polar surface area (TPSA) is 90.7 Å². The summed E-state index contributed by atoms with van der Waals surface area (Å²) in [4.78, 5) is 13.2. The quantitative estimate of drug-likeness (QED) is 0.722. The van der Waals surface area contributed by atoms with Crippen molar-refractivity contribution >= 4 is 0 Å². The van der Waals surface area contributed by atoms with Crippen LogP contribution < -0.4 is 0 Å². The highest BCUT2D eigenvalue weighted by Crippen LogP contribution is 2.66. The monoisotopic (exact) mass is 337 g/mol. The van der Waals surface area contributed by atoms with Crippen LogP contribution in [0.15, 0.2) is 33.6 Å². The Balaban J connectivity index is 1.46. The lowest BCUT2D eigenvalue weighted by atomic mass is 9.44. The molecule has 0 atom stereocenters. The minimum absolute atomic E-state index is 0.201. The maximum atomic E-state index is 5.69. The second-order valence-corrected chi connectivity index (χ2v) is 7.45. The largest absolute Gasteiger partial charge is 0.340 e. The van der Waals surface area contributed by atoms with Crippen molar-refractivity contribution in [1.82, 2.24) is 25.3 Å². The van der Waals surface area contributed by atoms with E-state index in [1.807, 2.05) is 12.3 Å². The van der Waals surface area contributed by atoms with Gasteiger partial charge in [0.05, 0.1) is 11.8 Å². The Morgan fingerprint density at radius 3 is 2.52 bits per heavy atom. The van der Waals surface area contributed by atoms with E-state index in [0.29, 0.717) is 35.3 Å². The first-order valence-electron chi connectivity index (χ1n) is 8.70. The normalized spacial score (nSPS) is 20.2. The van der Waals surface area contributed by atoms with Crippen LogP contribution in [0.2, 0.25) is 0 Å². The molecule has 3 heterocycles. The van der Waals surface area contributed by atoms with Gasteiger partial charge < -0.3 is 9.05 Å². The molecule has 5 rings (SSSR count). The summed E-state index contributed by atoms with van der Waals surface area (Å²) in [7, 11) is 0. The smallest absolute Gasteiger partial charge is 0.237 e. The molecule has 7 nitrogen and oxygen atoms in total. The average Bonchev–Trinajstić information content (AvgIpc) is 3.16. The maximum Gasteiger partial charge on any atom is 0.237 e. The van der Waals surface area contributed by atoms with E-state index < -0.39 is 0 Å². The van der Waals surface area contributed by atoms with Crippen molar-refractivity contribution in [1.29, 1.82) is 0 Å². The molecule has 3 aromatic rings. The molecule has 2 aliphatic carbocycles. The van der Waals surface area contributed by atoms with E-state index in [0.717, 1.165) is 18.4 Å². The van der Waals surface area contributed by atoms with Crippen LogP contribution in [-0.2, 0) is 11.8 Å². The third kappa shape index (κ3) is 2.29. The molecule has 0 amide bonds. The van der Waals surface area contributed by atoms with Crippen molar-refractivity contribution in [2.45, 2.75) is 50.9 Å². The number of pyridine rings is 1. The van der Waals surface area contributed by atoms with E-state index in [-0.39, 0.29) is 5.41 Å². The van der Waals surface area contributed by atoms with Gasteiger partial charge in [0.15, 0.2) is 11.6 Å². The van der Waals surface area contributed by atoms with Gasteiger partial charge in [-0.15, -0.1) is 0 Å². The van der Waals surface area contributed by atoms with Crippen molar-refractivity contribution in [3.05, 3.63) is 53.5 Å². The molecule has 2 saturated carbocycles. The predicted molar refractivity (Wildman–Crippen MR) is 86.7 cm³/mol. The first-order chi connectivity index (χ1) is 12.2. The molecule has 7 heteroatoms. The molecule has 2 aliphatic rings. The summed E-state index contributed by atoms with van der Waals surface area (Å²) >= 11 is 0. The van der Waals surface area contributed by atoms with E-state index >= 15 is 0 Å². The summed E-state index contributed by atoms with van der Waals surface area (Å²) in [5.74, 6) is 2.39. The van der Waals surface area contributed by atoms with Gasteiger partial charge in [-0.3, -0.25) is 4.98 Å². The molecule has 3 aromatic heterocycles. The minimum atomic E-state index is -0.201. The maximum absolute atomic E-state index is 5.69. The van der Waals surface area contributed by atoms with Gasteiger partial charge in [-0.1, -0.05) is 22.8 Å². The van der Waals surface area contributed by atoms with Crippen LogP contribution in [0.1, 0.15) is 61.1 Å². The van der Waals surface area contributed by atoms with Gasteiger partial charge in [-0.25, -0.2) is 0 Å². The summed E-state index contributed by atoms with van der Waals surface area (Å²) in [6.07, 6.45) is 10.2. The van der Waals surface area contributed by atoms with Crippen molar-refractivity contribution in [2.24, 2.45) is 5.41 Å². The summed E-state index contributed by atoms with van der Waals surface area (Å²) in [5.41, 5.74) is 1.43. The van der Waals surface area contributed by atoms with E-state index in [9.17, 15) is 0 Å². The van der Waals surface area contributed by atoms with Gasteiger partial charge in [-0.2, -0.15) is 9.97 Å². The van der Waals surface area contributed by atoms with Gasteiger partial charge in [-0.05, 0) is 42.7 Å². The SMILES string of the molecule is Cc1nc(Cc2noc(C3(c4cccnc4)CC4(CCC4)C3)n2)no1. The molecule has 0 saturated heterocycles. The Morgan fingerprint density at radius 2 is 1.88 bits per heavy atom. The summed E-state index contributed by atoms with van der Waals surface area (Å²) in [6.45, 7) is 1.77. The molecule has 1 spiro atoms. The molecular weight excluding hydrogens is 318 g/mol. The zero-order valence-corrected chi connectivity index (χ0v) is 14.1. The Hall–Kier alpha value is -2.57. The van der Waals surface area contributed by atoms with E-state index in [2.05, 4.69) is 31.3 Å². The Morgan fingerprint density at radius 1 is 1.08 bits per heavy atom. The van der Waals surface area contributed by atoms with Crippen molar-refractivity contribution in [3.8, 4) is 0 Å². The van der Waals surface area contributed by atoms with Crippen molar-refractivity contribution in [3.63, 3.8) is 0 Å². The molecule has 0 unspecified atom stereocenters. The van der Waals surface area contributed by atoms with Gasteiger partial charge in [0, 0.05) is 19.3 Å². The third-order valence-corrected chi connectivity index (χ3v) is 5.75. The molecule has 0 N–H and O–H groups in total. The molecular formula is C18H19N5O2. The van der Waals surface area contributed by atoms with Crippen LogP contribution >= 0.6 is 0 Å². The molecule has 0 aliphatic heterocycles. The fraction of sp³-hybridized carbons (Fsp3) is 0.500. The summed E-state index contributed by atoms with van der Waals surface area (Å²) < 4.78 is 10.7. The highest BCUT2D eigenvalue weighted by Gasteiger charge is 2.61. The fourth-order valence-corrected chi connectivity index (χ4v) is 4.46. The highest BCUT2D eigenvalue weighted by molar-refractivity contribution is 5.36. The van der Waals surface area contributed by atoms with Crippen LogP contribution in [0.25, 0.3) is 0 Å². The first-order valence-corrected chi connectivity index (χ1v) is 8.70. The number of rotatable bonds is 4. The van der Waals surface area contributed by atoms with Gasteiger partial charge >= 0.3 is 0 Å².